The molecule has 9 nitrogen and oxygen atoms in total. The van der Waals surface area contributed by atoms with Crippen molar-refractivity contribution in [3.05, 3.63) is 0 Å². The third-order valence-corrected chi connectivity index (χ3v) is 1.40. The summed E-state index contributed by atoms with van der Waals surface area (Å²) in [6.45, 7) is -1.34. The number of carbonyl (C=O) groups excluding carboxylic acids is 2. The average Bonchev–Trinajstić information content (AvgIpc) is 2.33. The second kappa shape index (κ2) is 10.1. The molecule has 0 rings (SSSR count). The van der Waals surface area contributed by atoms with Crippen molar-refractivity contribution in [2.75, 3.05) is 33.0 Å². The number of carbonyl (C=O) groups is 3. The SMILES string of the molecule is O=C(O)OCCCOC(=O)COC(=O)OCCO. The van der Waals surface area contributed by atoms with Crippen molar-refractivity contribution in [3.8, 4) is 0 Å². The topological polar surface area (TPSA) is 129 Å². The lowest BCUT2D eigenvalue weighted by Gasteiger charge is -2.06. The number of aliphatic hydroxyl groups is 1. The minimum Gasteiger partial charge on any atom is -0.463 e. The van der Waals surface area contributed by atoms with Gasteiger partial charge < -0.3 is 29.2 Å². The Morgan fingerprint density at radius 1 is 0.889 bits per heavy atom. The molecule has 0 aliphatic carbocycles. The molecular formula is C9H14O9. The van der Waals surface area contributed by atoms with E-state index in [1.165, 1.54) is 0 Å². The van der Waals surface area contributed by atoms with Gasteiger partial charge in [-0.2, -0.15) is 0 Å². The molecule has 0 aromatic heterocycles. The Hall–Kier alpha value is -2.03. The van der Waals surface area contributed by atoms with Crippen LogP contribution in [0.1, 0.15) is 6.42 Å². The predicted molar refractivity (Wildman–Crippen MR) is 53.9 cm³/mol. The maximum Gasteiger partial charge on any atom is 0.508 e. The molecule has 0 bridgehead atoms. The molecule has 18 heavy (non-hydrogen) atoms. The number of rotatable bonds is 8. The molecule has 0 saturated heterocycles. The van der Waals surface area contributed by atoms with Crippen molar-refractivity contribution in [1.82, 2.24) is 0 Å². The van der Waals surface area contributed by atoms with Gasteiger partial charge in [0, 0.05) is 6.42 Å². The summed E-state index contributed by atoms with van der Waals surface area (Å²) in [6, 6.07) is 0. The van der Waals surface area contributed by atoms with Crippen molar-refractivity contribution in [1.29, 1.82) is 0 Å². The van der Waals surface area contributed by atoms with Gasteiger partial charge in [0.15, 0.2) is 6.61 Å². The number of hydrogen-bond acceptors (Lipinski definition) is 8. The van der Waals surface area contributed by atoms with Gasteiger partial charge in [-0.15, -0.1) is 0 Å². The first-order chi connectivity index (χ1) is 8.56. The first-order valence-electron chi connectivity index (χ1n) is 4.98. The highest BCUT2D eigenvalue weighted by atomic mass is 16.7. The molecule has 104 valence electrons. The summed E-state index contributed by atoms with van der Waals surface area (Å²) in [5.74, 6) is -0.800. The molecule has 0 aromatic rings. The van der Waals surface area contributed by atoms with Gasteiger partial charge in [0.2, 0.25) is 0 Å². The normalized spacial score (nSPS) is 9.39. The number of esters is 1. The first kappa shape index (κ1) is 16.0. The average molecular weight is 266 g/mol. The summed E-state index contributed by atoms with van der Waals surface area (Å²) in [5, 5.41) is 16.4. The Labute approximate surface area is 102 Å². The number of aliphatic hydroxyl groups excluding tert-OH is 1. The van der Waals surface area contributed by atoms with Crippen molar-refractivity contribution in [2.24, 2.45) is 0 Å². The smallest absolute Gasteiger partial charge is 0.463 e. The fraction of sp³-hybridized carbons (Fsp3) is 0.667. The molecule has 0 atom stereocenters. The third-order valence-electron chi connectivity index (χ3n) is 1.40. The maximum atomic E-state index is 11.0. The summed E-state index contributed by atoms with van der Waals surface area (Å²) >= 11 is 0. The van der Waals surface area contributed by atoms with Crippen LogP contribution in [0.4, 0.5) is 9.59 Å². The maximum absolute atomic E-state index is 11.0. The quantitative estimate of drug-likeness (QED) is 0.347. The van der Waals surface area contributed by atoms with Gasteiger partial charge >= 0.3 is 18.3 Å². The lowest BCUT2D eigenvalue weighted by atomic mass is 10.5. The molecule has 0 aliphatic heterocycles. The molecule has 0 amide bonds. The zero-order valence-corrected chi connectivity index (χ0v) is 9.49. The summed E-state index contributed by atoms with van der Waals surface area (Å²) in [4.78, 5) is 31.6. The van der Waals surface area contributed by atoms with E-state index < -0.39 is 24.9 Å². The Bertz CT molecular complexity index is 275. The van der Waals surface area contributed by atoms with Gasteiger partial charge in [-0.25, -0.2) is 14.4 Å². The highest BCUT2D eigenvalue weighted by molar-refractivity contribution is 5.73. The van der Waals surface area contributed by atoms with Crippen LogP contribution in [-0.2, 0) is 23.7 Å². The molecule has 2 N–H and O–H groups in total. The van der Waals surface area contributed by atoms with Crippen molar-refractivity contribution < 1.29 is 43.5 Å². The van der Waals surface area contributed by atoms with Crippen LogP contribution in [0, 0.1) is 0 Å². The zero-order chi connectivity index (χ0) is 13.8. The van der Waals surface area contributed by atoms with Gasteiger partial charge in [0.1, 0.15) is 6.61 Å². The van der Waals surface area contributed by atoms with Crippen LogP contribution in [-0.4, -0.2) is 61.5 Å². The van der Waals surface area contributed by atoms with Crippen LogP contribution in [0.3, 0.4) is 0 Å². The van der Waals surface area contributed by atoms with E-state index in [0.29, 0.717) is 0 Å². The third kappa shape index (κ3) is 10.5. The Balaban J connectivity index is 3.42. The van der Waals surface area contributed by atoms with Gasteiger partial charge in [0.05, 0.1) is 19.8 Å². The Morgan fingerprint density at radius 3 is 2.17 bits per heavy atom. The fourth-order valence-corrected chi connectivity index (χ4v) is 0.735. The van der Waals surface area contributed by atoms with Crippen LogP contribution in [0.15, 0.2) is 0 Å². The second-order valence-corrected chi connectivity index (χ2v) is 2.80. The van der Waals surface area contributed by atoms with Crippen LogP contribution < -0.4 is 0 Å². The minimum atomic E-state index is -1.41. The van der Waals surface area contributed by atoms with Gasteiger partial charge in [0.25, 0.3) is 0 Å². The van der Waals surface area contributed by atoms with E-state index in [0.717, 1.165) is 0 Å². The summed E-state index contributed by atoms with van der Waals surface area (Å²) in [6.07, 6.45) is -2.29. The highest BCUT2D eigenvalue weighted by Gasteiger charge is 2.09. The van der Waals surface area contributed by atoms with Crippen molar-refractivity contribution >= 4 is 18.3 Å². The molecule has 0 unspecified atom stereocenters. The lowest BCUT2D eigenvalue weighted by Crippen LogP contribution is -2.19. The summed E-state index contributed by atoms with van der Waals surface area (Å²) in [7, 11) is 0. The zero-order valence-electron chi connectivity index (χ0n) is 9.49. The number of carboxylic acid groups (broad SMARTS) is 1. The van der Waals surface area contributed by atoms with Crippen molar-refractivity contribution in [3.63, 3.8) is 0 Å². The predicted octanol–water partition coefficient (Wildman–Crippen LogP) is -0.240. The Morgan fingerprint density at radius 2 is 1.56 bits per heavy atom. The van der Waals surface area contributed by atoms with Crippen LogP contribution in [0.5, 0.6) is 0 Å². The van der Waals surface area contributed by atoms with Crippen LogP contribution in [0.2, 0.25) is 0 Å². The van der Waals surface area contributed by atoms with E-state index in [4.69, 9.17) is 10.2 Å². The lowest BCUT2D eigenvalue weighted by molar-refractivity contribution is -0.148. The van der Waals surface area contributed by atoms with E-state index in [1.54, 1.807) is 0 Å². The second-order valence-electron chi connectivity index (χ2n) is 2.80. The largest absolute Gasteiger partial charge is 0.508 e. The minimum absolute atomic E-state index is 0.0544. The monoisotopic (exact) mass is 266 g/mol. The van der Waals surface area contributed by atoms with E-state index >= 15 is 0 Å². The molecule has 9 heteroatoms. The van der Waals surface area contributed by atoms with Crippen LogP contribution >= 0.6 is 0 Å². The molecule has 0 heterocycles. The van der Waals surface area contributed by atoms with E-state index in [2.05, 4.69) is 18.9 Å². The highest BCUT2D eigenvalue weighted by Crippen LogP contribution is 1.90. The van der Waals surface area contributed by atoms with Gasteiger partial charge in [-0.1, -0.05) is 0 Å². The van der Waals surface area contributed by atoms with Gasteiger partial charge in [-0.3, -0.25) is 0 Å². The van der Waals surface area contributed by atoms with Crippen molar-refractivity contribution in [2.45, 2.75) is 6.42 Å². The molecule has 0 radical (unpaired) electrons. The fourth-order valence-electron chi connectivity index (χ4n) is 0.735. The summed E-state index contributed by atoms with van der Waals surface area (Å²) < 4.78 is 17.4. The molecular weight excluding hydrogens is 252 g/mol. The molecule has 0 spiro atoms. The molecule has 0 aromatic carbocycles. The summed E-state index contributed by atoms with van der Waals surface area (Å²) in [5.41, 5.74) is 0. The van der Waals surface area contributed by atoms with Crippen LogP contribution in [0.25, 0.3) is 0 Å². The number of hydrogen-bond donors (Lipinski definition) is 2. The number of ether oxygens (including phenoxy) is 4. The Kier molecular flexibility index (Phi) is 9.00. The molecule has 0 saturated carbocycles. The van der Waals surface area contributed by atoms with E-state index in [1.807, 2.05) is 0 Å². The standard InChI is InChI=1S/C9H14O9/c10-2-5-17-9(14)18-6-7(11)15-3-1-4-16-8(12)13/h10H,1-6H2,(H,12,13). The first-order valence-corrected chi connectivity index (χ1v) is 4.98. The van der Waals surface area contributed by atoms with E-state index in [-0.39, 0.29) is 32.8 Å². The van der Waals surface area contributed by atoms with Gasteiger partial charge in [-0.05, 0) is 0 Å². The van der Waals surface area contributed by atoms with E-state index in [9.17, 15) is 14.4 Å². The molecule has 0 fully saturated rings. The molecule has 0 aliphatic rings.